The van der Waals surface area contributed by atoms with Gasteiger partial charge in [-0.1, -0.05) is 13.8 Å². The Morgan fingerprint density at radius 2 is 1.70 bits per heavy atom. The molecule has 0 atom stereocenters. The molecule has 0 radical (unpaired) electrons. The van der Waals surface area contributed by atoms with Crippen LogP contribution in [0.1, 0.15) is 24.3 Å². The lowest BCUT2D eigenvalue weighted by Crippen LogP contribution is -2.42. The standard InChI is InChI=1S/C14H15N3O6.C2H6.CH4S/c1-16-14(21)17(12(18)11(15-16)13(19)20)9-3-5-10(6-4-9)23-8-7-22-2;2*1-2/h3-6H,7-8H2,1-2H3,(H,19,20);1-2H3;2H,1H3. The van der Waals surface area contributed by atoms with E-state index in [9.17, 15) is 14.4 Å². The molecule has 0 bridgehead atoms. The summed E-state index contributed by atoms with van der Waals surface area (Å²) in [6, 6.07) is 6.10. The van der Waals surface area contributed by atoms with E-state index in [0.29, 0.717) is 19.0 Å². The molecule has 1 aromatic heterocycles. The largest absolute Gasteiger partial charge is 0.491 e. The first-order valence-corrected chi connectivity index (χ1v) is 8.95. The van der Waals surface area contributed by atoms with E-state index in [0.717, 1.165) is 9.25 Å². The molecule has 1 heterocycles. The minimum Gasteiger partial charge on any atom is -0.491 e. The molecule has 2 aromatic rings. The minimum absolute atomic E-state index is 0.222. The summed E-state index contributed by atoms with van der Waals surface area (Å²) in [5, 5.41) is 12.5. The van der Waals surface area contributed by atoms with Gasteiger partial charge < -0.3 is 14.6 Å². The van der Waals surface area contributed by atoms with Crippen molar-refractivity contribution in [3.63, 3.8) is 0 Å². The lowest BCUT2D eigenvalue weighted by atomic mass is 10.3. The number of hydrogen-bond acceptors (Lipinski definition) is 7. The van der Waals surface area contributed by atoms with Gasteiger partial charge >= 0.3 is 11.7 Å². The molecular weight excluding hydrogens is 374 g/mol. The number of carbonyl (C=O) groups is 1. The molecule has 9 nitrogen and oxygen atoms in total. The van der Waals surface area contributed by atoms with E-state index in [-0.39, 0.29) is 5.69 Å². The Morgan fingerprint density at radius 3 is 2.19 bits per heavy atom. The number of nitrogens with zero attached hydrogens (tertiary/aromatic N) is 3. The number of carboxylic acids is 1. The number of aromatic nitrogens is 3. The summed E-state index contributed by atoms with van der Waals surface area (Å²) < 4.78 is 11.8. The zero-order valence-corrected chi connectivity index (χ0v) is 16.9. The Bertz CT molecular complexity index is 830. The summed E-state index contributed by atoms with van der Waals surface area (Å²) in [4.78, 5) is 35.3. The zero-order valence-electron chi connectivity index (χ0n) is 16.0. The monoisotopic (exact) mass is 399 g/mol. The van der Waals surface area contributed by atoms with Crippen LogP contribution in [0.2, 0.25) is 0 Å². The summed E-state index contributed by atoms with van der Waals surface area (Å²) >= 11 is 3.53. The van der Waals surface area contributed by atoms with E-state index in [4.69, 9.17) is 14.6 Å². The maximum absolute atomic E-state index is 12.1. The van der Waals surface area contributed by atoms with Crippen LogP contribution >= 0.6 is 12.6 Å². The van der Waals surface area contributed by atoms with Crippen molar-refractivity contribution >= 4 is 18.6 Å². The van der Waals surface area contributed by atoms with Crippen LogP contribution in [0.4, 0.5) is 0 Å². The molecular formula is C17H25N3O6S. The fraction of sp³-hybridized carbons (Fsp3) is 0.412. The SMILES string of the molecule is CC.COCCOc1ccc(-n2c(=O)c(C(=O)O)nn(C)c2=O)cc1.CS. The van der Waals surface area contributed by atoms with Crippen LogP contribution < -0.4 is 16.0 Å². The van der Waals surface area contributed by atoms with E-state index in [1.807, 2.05) is 13.8 Å². The highest BCUT2D eigenvalue weighted by Gasteiger charge is 2.18. The normalized spacial score (nSPS) is 9.41. The molecule has 2 rings (SSSR count). The third-order valence-corrected chi connectivity index (χ3v) is 2.98. The zero-order chi connectivity index (χ0) is 21.0. The first-order chi connectivity index (χ1) is 13.0. The number of thiol groups is 1. The number of methoxy groups -OCH3 is 1. The molecule has 10 heteroatoms. The van der Waals surface area contributed by atoms with Crippen molar-refractivity contribution in [1.82, 2.24) is 14.3 Å². The second kappa shape index (κ2) is 12.7. The lowest BCUT2D eigenvalue weighted by molar-refractivity contribution is 0.0684. The number of benzene rings is 1. The van der Waals surface area contributed by atoms with Crippen molar-refractivity contribution in [2.24, 2.45) is 7.05 Å². The highest BCUT2D eigenvalue weighted by molar-refractivity contribution is 7.79. The van der Waals surface area contributed by atoms with Crippen molar-refractivity contribution in [3.8, 4) is 11.4 Å². The third-order valence-electron chi connectivity index (χ3n) is 2.98. The van der Waals surface area contributed by atoms with Gasteiger partial charge in [0, 0.05) is 14.2 Å². The van der Waals surface area contributed by atoms with E-state index in [1.165, 1.54) is 19.2 Å². The smallest absolute Gasteiger partial charge is 0.362 e. The summed E-state index contributed by atoms with van der Waals surface area (Å²) in [7, 11) is 2.82. The van der Waals surface area contributed by atoms with Gasteiger partial charge in [-0.25, -0.2) is 18.8 Å². The van der Waals surface area contributed by atoms with Crippen molar-refractivity contribution in [3.05, 3.63) is 50.8 Å². The topological polar surface area (TPSA) is 113 Å². The van der Waals surface area contributed by atoms with Crippen molar-refractivity contribution < 1.29 is 19.4 Å². The van der Waals surface area contributed by atoms with Crippen molar-refractivity contribution in [2.75, 3.05) is 26.6 Å². The minimum atomic E-state index is -1.50. The van der Waals surface area contributed by atoms with Gasteiger partial charge in [0.1, 0.15) is 12.4 Å². The molecule has 1 N–H and O–H groups in total. The average molecular weight is 399 g/mol. The van der Waals surface area contributed by atoms with E-state index < -0.39 is 22.9 Å². The molecule has 27 heavy (non-hydrogen) atoms. The molecule has 0 spiro atoms. The molecule has 0 unspecified atom stereocenters. The van der Waals surface area contributed by atoms with E-state index in [2.05, 4.69) is 17.7 Å². The number of rotatable bonds is 6. The molecule has 0 saturated carbocycles. The number of carboxylic acid groups (broad SMARTS) is 1. The van der Waals surface area contributed by atoms with Gasteiger partial charge in [-0.05, 0) is 30.5 Å². The summed E-state index contributed by atoms with van der Waals surface area (Å²) in [5.41, 5.74) is -2.24. The van der Waals surface area contributed by atoms with Crippen LogP contribution in [-0.4, -0.2) is 52.0 Å². The Labute approximate surface area is 162 Å². The van der Waals surface area contributed by atoms with E-state index >= 15 is 0 Å². The first kappa shape index (κ1) is 24.4. The average Bonchev–Trinajstić information content (AvgIpc) is 2.69. The van der Waals surface area contributed by atoms with Gasteiger partial charge in [0.15, 0.2) is 0 Å². The predicted octanol–water partition coefficient (Wildman–Crippen LogP) is 1.23. The Kier molecular flexibility index (Phi) is 11.5. The van der Waals surface area contributed by atoms with Crippen LogP contribution in [0.15, 0.2) is 33.9 Å². The van der Waals surface area contributed by atoms with Crippen molar-refractivity contribution in [2.45, 2.75) is 13.8 Å². The fourth-order valence-corrected chi connectivity index (χ4v) is 1.87. The molecule has 150 valence electrons. The van der Waals surface area contributed by atoms with Crippen LogP contribution in [-0.2, 0) is 11.8 Å². The maximum Gasteiger partial charge on any atom is 0.362 e. The number of hydrogen-bond donors (Lipinski definition) is 2. The molecule has 0 aliphatic rings. The van der Waals surface area contributed by atoms with Gasteiger partial charge in [-0.3, -0.25) is 4.79 Å². The van der Waals surface area contributed by atoms with Gasteiger partial charge in [0.05, 0.1) is 12.3 Å². The second-order valence-corrected chi connectivity index (χ2v) is 4.54. The van der Waals surface area contributed by atoms with Gasteiger partial charge in [-0.2, -0.15) is 17.7 Å². The molecule has 0 fully saturated rings. The summed E-state index contributed by atoms with van der Waals surface area (Å²) in [6.07, 6.45) is 1.69. The van der Waals surface area contributed by atoms with Gasteiger partial charge in [-0.15, -0.1) is 0 Å². The Balaban J connectivity index is 0.00000158. The van der Waals surface area contributed by atoms with Crippen LogP contribution in [0.25, 0.3) is 5.69 Å². The fourth-order valence-electron chi connectivity index (χ4n) is 1.87. The van der Waals surface area contributed by atoms with Crippen LogP contribution in [0.3, 0.4) is 0 Å². The quantitative estimate of drug-likeness (QED) is 0.555. The predicted molar refractivity (Wildman–Crippen MR) is 106 cm³/mol. The number of ether oxygens (including phenoxy) is 2. The summed E-state index contributed by atoms with van der Waals surface area (Å²) in [6.45, 7) is 4.78. The second-order valence-electron chi connectivity index (χ2n) is 4.54. The molecule has 0 aliphatic heterocycles. The highest BCUT2D eigenvalue weighted by atomic mass is 32.1. The molecule has 0 saturated heterocycles. The maximum atomic E-state index is 12.1. The third kappa shape index (κ3) is 6.57. The summed E-state index contributed by atoms with van der Waals surface area (Å²) in [5.74, 6) is -0.970. The Morgan fingerprint density at radius 1 is 1.15 bits per heavy atom. The van der Waals surface area contributed by atoms with Crippen molar-refractivity contribution in [1.29, 1.82) is 0 Å². The lowest BCUT2D eigenvalue weighted by Gasteiger charge is -2.09. The molecule has 1 aromatic carbocycles. The Hall–Kier alpha value is -2.59. The molecule has 0 amide bonds. The van der Waals surface area contributed by atoms with Gasteiger partial charge in [0.25, 0.3) is 5.56 Å². The highest BCUT2D eigenvalue weighted by Crippen LogP contribution is 2.13. The molecule has 0 aliphatic carbocycles. The number of aromatic carboxylic acids is 1. The van der Waals surface area contributed by atoms with Crippen LogP contribution in [0, 0.1) is 0 Å². The van der Waals surface area contributed by atoms with Gasteiger partial charge in [0.2, 0.25) is 5.69 Å². The first-order valence-electron chi connectivity index (χ1n) is 8.06. The van der Waals surface area contributed by atoms with E-state index in [1.54, 1.807) is 25.5 Å². The van der Waals surface area contributed by atoms with Crippen LogP contribution in [0.5, 0.6) is 5.75 Å². The number of aryl methyl sites for hydroxylation is 1.